The molecule has 0 aliphatic carbocycles. The highest BCUT2D eigenvalue weighted by Crippen LogP contribution is 2.27. The average molecular weight is 370 g/mol. The molecule has 1 saturated heterocycles. The second kappa shape index (κ2) is 8.10. The van der Waals surface area contributed by atoms with Gasteiger partial charge in [0.15, 0.2) is 0 Å². The summed E-state index contributed by atoms with van der Waals surface area (Å²) in [5.41, 5.74) is 2.32. The molecule has 1 atom stereocenters. The lowest BCUT2D eigenvalue weighted by atomic mass is 9.96. The van der Waals surface area contributed by atoms with Crippen molar-refractivity contribution in [3.63, 3.8) is 0 Å². The Labute approximate surface area is 164 Å². The van der Waals surface area contributed by atoms with Crippen LogP contribution >= 0.6 is 0 Å². The summed E-state index contributed by atoms with van der Waals surface area (Å²) < 4.78 is 2.18. The molecule has 28 heavy (non-hydrogen) atoms. The molecule has 0 spiro atoms. The lowest BCUT2D eigenvalue weighted by Crippen LogP contribution is -2.39. The quantitative estimate of drug-likeness (QED) is 0.701. The maximum Gasteiger partial charge on any atom is 0.253 e. The van der Waals surface area contributed by atoms with Crippen LogP contribution in [-0.2, 0) is 6.54 Å². The average Bonchev–Trinajstić information content (AvgIpc) is 3.22. The fourth-order valence-corrected chi connectivity index (χ4v) is 3.87. The minimum absolute atomic E-state index is 0.0111. The molecule has 1 aliphatic heterocycles. The zero-order valence-corrected chi connectivity index (χ0v) is 15.7. The number of carbonyl (C=O) groups is 1. The van der Waals surface area contributed by atoms with Crippen molar-refractivity contribution < 1.29 is 4.79 Å². The molecule has 1 aliphatic rings. The van der Waals surface area contributed by atoms with Crippen molar-refractivity contribution in [2.45, 2.75) is 25.3 Å². The van der Waals surface area contributed by atoms with Crippen molar-refractivity contribution in [2.24, 2.45) is 0 Å². The van der Waals surface area contributed by atoms with Crippen molar-refractivity contribution in [3.05, 3.63) is 89.5 Å². The van der Waals surface area contributed by atoms with E-state index in [0.29, 0.717) is 17.7 Å². The predicted octanol–water partition coefficient (Wildman–Crippen LogP) is 3.82. The molecule has 0 bridgehead atoms. The van der Waals surface area contributed by atoms with Gasteiger partial charge in [0.2, 0.25) is 0 Å². The highest BCUT2D eigenvalue weighted by Gasteiger charge is 2.28. The Morgan fingerprint density at radius 2 is 2.04 bits per heavy atom. The van der Waals surface area contributed by atoms with Gasteiger partial charge in [0.1, 0.15) is 5.82 Å². The topological polar surface area (TPSA) is 61.9 Å². The summed E-state index contributed by atoms with van der Waals surface area (Å²) in [6.45, 7) is 2.18. The summed E-state index contributed by atoms with van der Waals surface area (Å²) in [5, 5.41) is 9.09. The number of benzene rings is 2. The van der Waals surface area contributed by atoms with E-state index in [1.807, 2.05) is 35.5 Å². The molecule has 2 heterocycles. The van der Waals surface area contributed by atoms with Crippen molar-refractivity contribution in [1.82, 2.24) is 14.5 Å². The molecule has 140 valence electrons. The van der Waals surface area contributed by atoms with Crippen LogP contribution in [0.25, 0.3) is 0 Å². The molecule has 5 heteroatoms. The number of carbonyl (C=O) groups excluding carboxylic acids is 1. The van der Waals surface area contributed by atoms with E-state index in [4.69, 9.17) is 5.26 Å². The molecule has 0 N–H and O–H groups in total. The summed E-state index contributed by atoms with van der Waals surface area (Å²) in [5.74, 6) is 1.24. The fourth-order valence-electron chi connectivity index (χ4n) is 3.87. The summed E-state index contributed by atoms with van der Waals surface area (Å²) >= 11 is 0. The first-order valence-corrected chi connectivity index (χ1v) is 9.59. The van der Waals surface area contributed by atoms with Gasteiger partial charge in [-0.3, -0.25) is 4.79 Å². The zero-order chi connectivity index (χ0) is 19.3. The number of likely N-dealkylation sites (tertiary alicyclic amines) is 1. The van der Waals surface area contributed by atoms with Crippen molar-refractivity contribution >= 4 is 5.91 Å². The van der Waals surface area contributed by atoms with E-state index in [-0.39, 0.29) is 11.8 Å². The Balaban J connectivity index is 1.51. The number of imidazole rings is 1. The second-order valence-electron chi connectivity index (χ2n) is 7.18. The fraction of sp³-hybridized carbons (Fsp3) is 0.261. The Hall–Kier alpha value is -3.39. The summed E-state index contributed by atoms with van der Waals surface area (Å²) in [6.07, 6.45) is 5.83. The third kappa shape index (κ3) is 3.81. The number of nitriles is 1. The Morgan fingerprint density at radius 3 is 2.86 bits per heavy atom. The van der Waals surface area contributed by atoms with E-state index in [1.165, 1.54) is 5.56 Å². The molecule has 2 aromatic carbocycles. The maximum absolute atomic E-state index is 12.9. The predicted molar refractivity (Wildman–Crippen MR) is 107 cm³/mol. The lowest BCUT2D eigenvalue weighted by molar-refractivity contribution is 0.0703. The molecule has 4 rings (SSSR count). The molecule has 1 amide bonds. The first kappa shape index (κ1) is 18.0. The van der Waals surface area contributed by atoms with Crippen LogP contribution in [0.15, 0.2) is 67.0 Å². The van der Waals surface area contributed by atoms with Gasteiger partial charge in [-0.2, -0.15) is 5.26 Å². The van der Waals surface area contributed by atoms with Gasteiger partial charge in [0.25, 0.3) is 5.91 Å². The van der Waals surface area contributed by atoms with E-state index >= 15 is 0 Å². The molecule has 0 radical (unpaired) electrons. The van der Waals surface area contributed by atoms with E-state index in [1.54, 1.807) is 24.3 Å². The van der Waals surface area contributed by atoms with Crippen LogP contribution in [0.4, 0.5) is 0 Å². The van der Waals surface area contributed by atoms with Crippen LogP contribution in [0, 0.1) is 11.3 Å². The number of piperidine rings is 1. The van der Waals surface area contributed by atoms with Gasteiger partial charge in [0.05, 0.1) is 11.6 Å². The zero-order valence-electron chi connectivity index (χ0n) is 15.7. The van der Waals surface area contributed by atoms with Gasteiger partial charge in [0, 0.05) is 43.5 Å². The Bertz CT molecular complexity index is 1000. The van der Waals surface area contributed by atoms with E-state index in [2.05, 4.69) is 27.8 Å². The Kier molecular flexibility index (Phi) is 5.20. The molecular formula is C23H22N4O. The lowest BCUT2D eigenvalue weighted by Gasteiger charge is -2.33. The minimum atomic E-state index is -0.0111. The van der Waals surface area contributed by atoms with E-state index in [0.717, 1.165) is 31.8 Å². The van der Waals surface area contributed by atoms with Crippen molar-refractivity contribution in [3.8, 4) is 6.07 Å². The number of aromatic nitrogens is 2. The Morgan fingerprint density at radius 1 is 1.18 bits per heavy atom. The monoisotopic (exact) mass is 370 g/mol. The van der Waals surface area contributed by atoms with Gasteiger partial charge in [-0.05, 0) is 36.6 Å². The van der Waals surface area contributed by atoms with E-state index in [9.17, 15) is 4.79 Å². The van der Waals surface area contributed by atoms with Gasteiger partial charge in [-0.25, -0.2) is 4.98 Å². The molecule has 1 aromatic heterocycles. The van der Waals surface area contributed by atoms with Gasteiger partial charge in [-0.1, -0.05) is 36.4 Å². The van der Waals surface area contributed by atoms with Crippen LogP contribution in [-0.4, -0.2) is 33.4 Å². The largest absolute Gasteiger partial charge is 0.338 e. The smallest absolute Gasteiger partial charge is 0.253 e. The minimum Gasteiger partial charge on any atom is -0.338 e. The number of hydrogen-bond acceptors (Lipinski definition) is 3. The number of amides is 1. The van der Waals surface area contributed by atoms with Gasteiger partial charge in [-0.15, -0.1) is 0 Å². The van der Waals surface area contributed by atoms with Crippen LogP contribution < -0.4 is 0 Å². The summed E-state index contributed by atoms with van der Waals surface area (Å²) in [7, 11) is 0. The molecule has 0 unspecified atom stereocenters. The molecule has 5 nitrogen and oxygen atoms in total. The summed E-state index contributed by atoms with van der Waals surface area (Å²) in [6, 6.07) is 19.4. The molecule has 0 saturated carbocycles. The van der Waals surface area contributed by atoms with Crippen molar-refractivity contribution in [1.29, 1.82) is 5.26 Å². The highest BCUT2D eigenvalue weighted by atomic mass is 16.2. The first-order chi connectivity index (χ1) is 13.7. The van der Waals surface area contributed by atoms with Crippen LogP contribution in [0.5, 0.6) is 0 Å². The third-order valence-corrected chi connectivity index (χ3v) is 5.26. The SMILES string of the molecule is N#Cc1cccc(C(=O)N2CCC[C@@H](c3nccn3Cc3ccccc3)C2)c1. The summed E-state index contributed by atoms with van der Waals surface area (Å²) in [4.78, 5) is 19.5. The van der Waals surface area contributed by atoms with Crippen LogP contribution in [0.3, 0.4) is 0 Å². The van der Waals surface area contributed by atoms with Crippen molar-refractivity contribution in [2.75, 3.05) is 13.1 Å². The van der Waals surface area contributed by atoms with E-state index < -0.39 is 0 Å². The molecule has 1 fully saturated rings. The maximum atomic E-state index is 12.9. The first-order valence-electron chi connectivity index (χ1n) is 9.59. The van der Waals surface area contributed by atoms with Crippen LogP contribution in [0.2, 0.25) is 0 Å². The second-order valence-corrected chi connectivity index (χ2v) is 7.18. The van der Waals surface area contributed by atoms with Gasteiger partial charge >= 0.3 is 0 Å². The number of nitrogens with zero attached hydrogens (tertiary/aromatic N) is 4. The highest BCUT2D eigenvalue weighted by molar-refractivity contribution is 5.94. The standard InChI is InChI=1S/C23H22N4O/c24-15-19-8-4-9-20(14-19)23(28)27-12-5-10-21(17-27)22-25-11-13-26(22)16-18-6-2-1-3-7-18/h1-4,6-9,11,13-14,21H,5,10,12,16-17H2/t21-/m1/s1. The normalized spacial score (nSPS) is 16.5. The third-order valence-electron chi connectivity index (χ3n) is 5.26. The number of rotatable bonds is 4. The van der Waals surface area contributed by atoms with Crippen LogP contribution in [0.1, 0.15) is 46.1 Å². The number of hydrogen-bond donors (Lipinski definition) is 0. The molecule has 3 aromatic rings. The molecular weight excluding hydrogens is 348 g/mol. The van der Waals surface area contributed by atoms with Gasteiger partial charge < -0.3 is 9.47 Å².